The first-order chi connectivity index (χ1) is 5.31. The van der Waals surface area contributed by atoms with E-state index in [0.717, 1.165) is 12.8 Å². The van der Waals surface area contributed by atoms with Crippen molar-refractivity contribution in [2.24, 2.45) is 0 Å². The van der Waals surface area contributed by atoms with E-state index < -0.39 is 0 Å². The number of hydrogen-bond acceptors (Lipinski definition) is 0. The second-order valence-corrected chi connectivity index (χ2v) is 2.94. The molecule has 0 aromatic heterocycles. The van der Waals surface area contributed by atoms with Gasteiger partial charge in [-0.25, -0.2) is 0 Å². The Kier molecular flexibility index (Phi) is 7.23. The van der Waals surface area contributed by atoms with Crippen LogP contribution in [0.15, 0.2) is 24.3 Å². The molecule has 0 aromatic rings. The maximum absolute atomic E-state index is 4.01. The second-order valence-electron chi connectivity index (χ2n) is 2.94. The van der Waals surface area contributed by atoms with Crippen molar-refractivity contribution >= 4 is 0 Å². The van der Waals surface area contributed by atoms with Crippen LogP contribution >= 0.6 is 0 Å². The fourth-order valence-corrected chi connectivity index (χ4v) is 0.946. The van der Waals surface area contributed by atoms with Crippen molar-refractivity contribution in [3.8, 4) is 0 Å². The molecule has 0 radical (unpaired) electrons. The summed E-state index contributed by atoms with van der Waals surface area (Å²) in [5, 5.41) is 0. The number of hydrogen-bond donors (Lipinski definition) is 0. The van der Waals surface area contributed by atoms with Crippen LogP contribution < -0.4 is 0 Å². The van der Waals surface area contributed by atoms with Gasteiger partial charge in [-0.3, -0.25) is 0 Å². The smallest absolute Gasteiger partial charge is 0.0142 e. The van der Waals surface area contributed by atoms with Gasteiger partial charge >= 0.3 is 0 Å². The van der Waals surface area contributed by atoms with Crippen molar-refractivity contribution in [2.75, 3.05) is 0 Å². The molecule has 64 valence electrons. The Balaban J connectivity index is 3.29. The normalized spacial score (nSPS) is 10.7. The molecule has 0 unspecified atom stereocenters. The maximum atomic E-state index is 4.01. The van der Waals surface area contributed by atoms with E-state index in [9.17, 15) is 0 Å². The highest BCUT2D eigenvalue weighted by molar-refractivity contribution is 5.01. The minimum atomic E-state index is 1.08. The van der Waals surface area contributed by atoms with Crippen LogP contribution in [0.4, 0.5) is 0 Å². The monoisotopic (exact) mass is 152 g/mol. The fourth-order valence-electron chi connectivity index (χ4n) is 0.946. The van der Waals surface area contributed by atoms with E-state index in [-0.39, 0.29) is 0 Å². The molecule has 0 N–H and O–H groups in total. The lowest BCUT2D eigenvalue weighted by atomic mass is 10.1. The van der Waals surface area contributed by atoms with Gasteiger partial charge in [-0.1, -0.05) is 44.6 Å². The molecule has 0 nitrogen and oxygen atoms in total. The summed E-state index contributed by atoms with van der Waals surface area (Å²) < 4.78 is 0. The van der Waals surface area contributed by atoms with Gasteiger partial charge in [-0.05, 0) is 25.7 Å². The van der Waals surface area contributed by atoms with Crippen LogP contribution in [-0.4, -0.2) is 0 Å². The van der Waals surface area contributed by atoms with Crippen LogP contribution in [0.5, 0.6) is 0 Å². The first-order valence-corrected chi connectivity index (χ1v) is 4.62. The summed E-state index contributed by atoms with van der Waals surface area (Å²) in [6.07, 6.45) is 10.4. The van der Waals surface area contributed by atoms with E-state index in [4.69, 9.17) is 0 Å². The molecule has 0 aliphatic carbocycles. The zero-order valence-corrected chi connectivity index (χ0v) is 7.90. The highest BCUT2D eigenvalue weighted by Gasteiger charge is 1.89. The second kappa shape index (κ2) is 7.59. The molecular formula is C11H20. The highest BCUT2D eigenvalue weighted by atomic mass is 14.0. The standard InChI is InChI=1S/C11H20/c1-4-6-8-10-11(3)9-7-5-2/h6,8H,3-5,7,9-10H2,1-2H3. The predicted molar refractivity (Wildman–Crippen MR) is 52.7 cm³/mol. The average Bonchev–Trinajstić information content (AvgIpc) is 2.01. The molecule has 0 amide bonds. The highest BCUT2D eigenvalue weighted by Crippen LogP contribution is 2.09. The van der Waals surface area contributed by atoms with Crippen molar-refractivity contribution < 1.29 is 0 Å². The molecule has 0 saturated heterocycles. The summed E-state index contributed by atoms with van der Waals surface area (Å²) in [6.45, 7) is 8.39. The Morgan fingerprint density at radius 1 is 1.27 bits per heavy atom. The van der Waals surface area contributed by atoms with Crippen LogP contribution in [0.25, 0.3) is 0 Å². The first-order valence-electron chi connectivity index (χ1n) is 4.62. The zero-order valence-electron chi connectivity index (χ0n) is 7.90. The van der Waals surface area contributed by atoms with Gasteiger partial charge in [0.05, 0.1) is 0 Å². The zero-order chi connectivity index (χ0) is 8.53. The summed E-state index contributed by atoms with van der Waals surface area (Å²) in [4.78, 5) is 0. The Morgan fingerprint density at radius 2 is 2.00 bits per heavy atom. The van der Waals surface area contributed by atoms with Crippen molar-refractivity contribution in [1.29, 1.82) is 0 Å². The Morgan fingerprint density at radius 3 is 2.55 bits per heavy atom. The average molecular weight is 152 g/mol. The molecule has 0 spiro atoms. The van der Waals surface area contributed by atoms with Crippen molar-refractivity contribution in [3.63, 3.8) is 0 Å². The maximum Gasteiger partial charge on any atom is -0.0142 e. The lowest BCUT2D eigenvalue weighted by Crippen LogP contribution is -1.78. The van der Waals surface area contributed by atoms with Crippen molar-refractivity contribution in [1.82, 2.24) is 0 Å². The molecule has 0 fully saturated rings. The van der Waals surface area contributed by atoms with Crippen molar-refractivity contribution in [2.45, 2.75) is 46.0 Å². The van der Waals surface area contributed by atoms with Gasteiger partial charge in [-0.15, -0.1) is 0 Å². The van der Waals surface area contributed by atoms with Crippen LogP contribution in [0, 0.1) is 0 Å². The Hall–Kier alpha value is -0.520. The lowest BCUT2D eigenvalue weighted by Gasteiger charge is -1.99. The van der Waals surface area contributed by atoms with Crippen LogP contribution in [0.2, 0.25) is 0 Å². The quantitative estimate of drug-likeness (QED) is 0.503. The summed E-state index contributed by atoms with van der Waals surface area (Å²) in [5.74, 6) is 0. The molecule has 0 aliphatic rings. The minimum Gasteiger partial charge on any atom is -0.0995 e. The molecule has 0 rings (SSSR count). The van der Waals surface area contributed by atoms with Crippen LogP contribution in [-0.2, 0) is 0 Å². The summed E-state index contributed by atoms with van der Waals surface area (Å²) in [5.41, 5.74) is 1.37. The lowest BCUT2D eigenvalue weighted by molar-refractivity contribution is 0.777. The topological polar surface area (TPSA) is 0 Å². The third kappa shape index (κ3) is 7.38. The van der Waals surface area contributed by atoms with Crippen molar-refractivity contribution in [3.05, 3.63) is 24.3 Å². The molecule has 0 aliphatic heterocycles. The van der Waals surface area contributed by atoms with E-state index in [1.54, 1.807) is 0 Å². The molecule has 0 atom stereocenters. The third-order valence-corrected chi connectivity index (χ3v) is 1.69. The summed E-state index contributed by atoms with van der Waals surface area (Å²) in [7, 11) is 0. The van der Waals surface area contributed by atoms with E-state index in [1.165, 1.54) is 24.8 Å². The van der Waals surface area contributed by atoms with Crippen LogP contribution in [0.3, 0.4) is 0 Å². The largest absolute Gasteiger partial charge is 0.0995 e. The Labute approximate surface area is 71.0 Å². The Bertz CT molecular complexity index is 120. The van der Waals surface area contributed by atoms with Gasteiger partial charge in [0.25, 0.3) is 0 Å². The molecule has 0 heteroatoms. The molecule has 11 heavy (non-hydrogen) atoms. The van der Waals surface area contributed by atoms with Gasteiger partial charge in [0, 0.05) is 0 Å². The number of unbranched alkanes of at least 4 members (excludes halogenated alkanes) is 1. The molecule has 0 aromatic carbocycles. The van der Waals surface area contributed by atoms with Gasteiger partial charge in [-0.2, -0.15) is 0 Å². The molecule has 0 bridgehead atoms. The van der Waals surface area contributed by atoms with E-state index in [0.29, 0.717) is 0 Å². The molecular weight excluding hydrogens is 132 g/mol. The van der Waals surface area contributed by atoms with E-state index in [1.807, 2.05) is 0 Å². The fraction of sp³-hybridized carbons (Fsp3) is 0.636. The number of allylic oxidation sites excluding steroid dienone is 3. The van der Waals surface area contributed by atoms with Gasteiger partial charge in [0.2, 0.25) is 0 Å². The summed E-state index contributed by atoms with van der Waals surface area (Å²) in [6, 6.07) is 0. The van der Waals surface area contributed by atoms with E-state index >= 15 is 0 Å². The number of rotatable bonds is 6. The van der Waals surface area contributed by atoms with Crippen LogP contribution in [0.1, 0.15) is 46.0 Å². The van der Waals surface area contributed by atoms with E-state index in [2.05, 4.69) is 32.6 Å². The SMILES string of the molecule is C=C(CC=CCC)CCCC. The third-order valence-electron chi connectivity index (χ3n) is 1.69. The minimum absolute atomic E-state index is 1.08. The molecule has 0 heterocycles. The predicted octanol–water partition coefficient (Wildman–Crippen LogP) is 4.09. The van der Waals surface area contributed by atoms with Gasteiger partial charge < -0.3 is 0 Å². The van der Waals surface area contributed by atoms with Gasteiger partial charge in [0.1, 0.15) is 0 Å². The van der Waals surface area contributed by atoms with Gasteiger partial charge in [0.15, 0.2) is 0 Å². The summed E-state index contributed by atoms with van der Waals surface area (Å²) >= 11 is 0. The first kappa shape index (κ1) is 10.5. The molecule has 0 saturated carbocycles.